The Morgan fingerprint density at radius 1 is 1.22 bits per heavy atom. The molecule has 0 aromatic rings. The summed E-state index contributed by atoms with van der Waals surface area (Å²) in [6.07, 6.45) is 2.96. The molecule has 4 nitrogen and oxygen atoms in total. The molecule has 0 bridgehead atoms. The van der Waals surface area contributed by atoms with Crippen LogP contribution in [0.25, 0.3) is 0 Å². The number of carboxylic acids is 1. The Morgan fingerprint density at radius 2 is 1.83 bits per heavy atom. The highest BCUT2D eigenvalue weighted by molar-refractivity contribution is 7.80. The van der Waals surface area contributed by atoms with E-state index in [0.29, 0.717) is 24.5 Å². The second-order valence-electron chi connectivity index (χ2n) is 3.70. The number of aliphatic carboxylic acids is 1. The van der Waals surface area contributed by atoms with E-state index in [2.05, 4.69) is 25.3 Å². The van der Waals surface area contributed by atoms with E-state index in [4.69, 9.17) is 9.84 Å². The minimum atomic E-state index is -0.730. The molecule has 0 aliphatic carbocycles. The largest absolute Gasteiger partial charge is 0.481 e. The van der Waals surface area contributed by atoms with E-state index in [9.17, 15) is 9.59 Å². The third-order valence-electron chi connectivity index (χ3n) is 1.99. The summed E-state index contributed by atoms with van der Waals surface area (Å²) in [5, 5.41) is 8.46. The zero-order chi connectivity index (χ0) is 14.4. The van der Waals surface area contributed by atoms with Gasteiger partial charge in [0.15, 0.2) is 0 Å². The van der Waals surface area contributed by atoms with Gasteiger partial charge in [0.1, 0.15) is 0 Å². The fourth-order valence-corrected chi connectivity index (χ4v) is 1.54. The number of carboxylic acid groups (broad SMARTS) is 1. The van der Waals surface area contributed by atoms with E-state index in [1.54, 1.807) is 0 Å². The van der Waals surface area contributed by atoms with Gasteiger partial charge in [0.05, 0.1) is 18.9 Å². The van der Waals surface area contributed by atoms with Crippen LogP contribution in [0, 0.1) is 5.92 Å². The van der Waals surface area contributed by atoms with Crippen molar-refractivity contribution in [3.8, 4) is 0 Å². The summed E-state index contributed by atoms with van der Waals surface area (Å²) < 4.78 is 4.74. The number of carbonyl (C=O) groups is 2. The van der Waals surface area contributed by atoms with Crippen LogP contribution in [0.15, 0.2) is 0 Å². The number of esters is 1. The van der Waals surface area contributed by atoms with Crippen molar-refractivity contribution in [2.75, 3.05) is 18.1 Å². The zero-order valence-electron chi connectivity index (χ0n) is 11.1. The van der Waals surface area contributed by atoms with Crippen LogP contribution in [-0.2, 0) is 14.3 Å². The molecular formula is C12H24O4S2. The van der Waals surface area contributed by atoms with Crippen LogP contribution in [0.3, 0.4) is 0 Å². The Labute approximate surface area is 120 Å². The lowest BCUT2D eigenvalue weighted by atomic mass is 10.1. The first-order chi connectivity index (χ1) is 8.53. The maximum atomic E-state index is 10.5. The number of hydrogen-bond acceptors (Lipinski definition) is 5. The van der Waals surface area contributed by atoms with Crippen molar-refractivity contribution in [1.82, 2.24) is 0 Å². The molecule has 108 valence electrons. The molecule has 0 aliphatic rings. The SMILES string of the molecule is CCCC(CS)C(=O)O.CCCOC(=O)CCS. The smallest absolute Gasteiger partial charge is 0.307 e. The molecule has 18 heavy (non-hydrogen) atoms. The fourth-order valence-electron chi connectivity index (χ4n) is 1.02. The Hall–Kier alpha value is -0.360. The molecule has 0 rings (SSSR count). The van der Waals surface area contributed by atoms with E-state index in [1.807, 2.05) is 13.8 Å². The number of ether oxygens (including phenoxy) is 1. The predicted octanol–water partition coefficient (Wildman–Crippen LogP) is 2.68. The third-order valence-corrected chi connectivity index (χ3v) is 2.65. The highest BCUT2D eigenvalue weighted by atomic mass is 32.1. The summed E-state index contributed by atoms with van der Waals surface area (Å²) in [6.45, 7) is 4.47. The number of thiol groups is 2. The summed E-state index contributed by atoms with van der Waals surface area (Å²) >= 11 is 7.79. The van der Waals surface area contributed by atoms with Crippen molar-refractivity contribution in [3.05, 3.63) is 0 Å². The average Bonchev–Trinajstić information content (AvgIpc) is 2.34. The van der Waals surface area contributed by atoms with Gasteiger partial charge < -0.3 is 9.84 Å². The van der Waals surface area contributed by atoms with Gasteiger partial charge in [0, 0.05) is 11.5 Å². The Morgan fingerprint density at radius 3 is 2.11 bits per heavy atom. The standard InChI is InChI=1S/2C6H12O2S/c1-2-4-8-6(7)3-5-9;1-2-3-5(4-9)6(7)8/h9H,2-5H2,1H3;5,9H,2-4H2,1H3,(H,7,8). The van der Waals surface area contributed by atoms with Gasteiger partial charge in [-0.25, -0.2) is 0 Å². The van der Waals surface area contributed by atoms with Gasteiger partial charge in [-0.2, -0.15) is 25.3 Å². The second kappa shape index (κ2) is 14.7. The molecule has 0 fully saturated rings. The van der Waals surface area contributed by atoms with Crippen molar-refractivity contribution in [2.24, 2.45) is 5.92 Å². The summed E-state index contributed by atoms with van der Waals surface area (Å²) in [4.78, 5) is 20.8. The Bertz CT molecular complexity index is 220. The highest BCUT2D eigenvalue weighted by Crippen LogP contribution is 2.07. The van der Waals surface area contributed by atoms with Crippen LogP contribution in [0.5, 0.6) is 0 Å². The van der Waals surface area contributed by atoms with Crippen LogP contribution in [0.4, 0.5) is 0 Å². The predicted molar refractivity (Wildman–Crippen MR) is 79.6 cm³/mol. The normalized spacial score (nSPS) is 11.1. The summed E-state index contributed by atoms with van der Waals surface area (Å²) in [5.41, 5.74) is 0. The molecule has 0 saturated heterocycles. The van der Waals surface area contributed by atoms with Crippen molar-refractivity contribution >= 4 is 37.2 Å². The molecule has 0 aromatic carbocycles. The van der Waals surface area contributed by atoms with Crippen molar-refractivity contribution in [2.45, 2.75) is 39.5 Å². The van der Waals surface area contributed by atoms with Crippen LogP contribution in [0.1, 0.15) is 39.5 Å². The topological polar surface area (TPSA) is 63.6 Å². The zero-order valence-corrected chi connectivity index (χ0v) is 12.9. The molecule has 0 saturated carbocycles. The first-order valence-corrected chi connectivity index (χ1v) is 7.39. The molecule has 0 aliphatic heterocycles. The number of rotatable bonds is 8. The quantitative estimate of drug-likeness (QED) is 0.476. The van der Waals surface area contributed by atoms with Crippen LogP contribution >= 0.6 is 25.3 Å². The molecule has 1 atom stereocenters. The molecule has 0 heterocycles. The second-order valence-corrected chi connectivity index (χ2v) is 4.51. The molecule has 0 amide bonds. The van der Waals surface area contributed by atoms with E-state index in [-0.39, 0.29) is 11.9 Å². The number of carbonyl (C=O) groups excluding carboxylic acids is 1. The molecule has 1 N–H and O–H groups in total. The Balaban J connectivity index is 0. The molecular weight excluding hydrogens is 272 g/mol. The van der Waals surface area contributed by atoms with Gasteiger partial charge in [-0.05, 0) is 12.8 Å². The van der Waals surface area contributed by atoms with Gasteiger partial charge in [0.25, 0.3) is 0 Å². The molecule has 0 spiro atoms. The highest BCUT2D eigenvalue weighted by Gasteiger charge is 2.12. The molecule has 1 unspecified atom stereocenters. The maximum Gasteiger partial charge on any atom is 0.307 e. The lowest BCUT2D eigenvalue weighted by Gasteiger charge is -2.04. The van der Waals surface area contributed by atoms with Crippen LogP contribution < -0.4 is 0 Å². The molecule has 0 radical (unpaired) electrons. The summed E-state index contributed by atoms with van der Waals surface area (Å²) in [7, 11) is 0. The van der Waals surface area contributed by atoms with Gasteiger partial charge in [0.2, 0.25) is 0 Å². The summed E-state index contributed by atoms with van der Waals surface area (Å²) in [5.74, 6) is -0.108. The lowest BCUT2D eigenvalue weighted by molar-refractivity contribution is -0.143. The monoisotopic (exact) mass is 296 g/mol. The van der Waals surface area contributed by atoms with Gasteiger partial charge in [-0.1, -0.05) is 20.3 Å². The minimum absolute atomic E-state index is 0.146. The first kappa shape index (κ1) is 20.0. The molecule has 0 aromatic heterocycles. The van der Waals surface area contributed by atoms with E-state index in [0.717, 1.165) is 19.3 Å². The van der Waals surface area contributed by atoms with Gasteiger partial charge in [-0.15, -0.1) is 0 Å². The van der Waals surface area contributed by atoms with Crippen LogP contribution in [0.2, 0.25) is 0 Å². The third kappa shape index (κ3) is 13.7. The lowest BCUT2D eigenvalue weighted by Crippen LogP contribution is -2.14. The van der Waals surface area contributed by atoms with Gasteiger partial charge in [-0.3, -0.25) is 9.59 Å². The average molecular weight is 296 g/mol. The van der Waals surface area contributed by atoms with Crippen molar-refractivity contribution < 1.29 is 19.4 Å². The van der Waals surface area contributed by atoms with Crippen molar-refractivity contribution in [3.63, 3.8) is 0 Å². The molecule has 6 heteroatoms. The first-order valence-electron chi connectivity index (χ1n) is 6.13. The summed E-state index contributed by atoms with van der Waals surface area (Å²) in [6, 6.07) is 0. The number of hydrogen-bond donors (Lipinski definition) is 3. The fraction of sp³-hybridized carbons (Fsp3) is 0.833. The van der Waals surface area contributed by atoms with E-state index in [1.165, 1.54) is 0 Å². The van der Waals surface area contributed by atoms with Gasteiger partial charge >= 0.3 is 11.9 Å². The van der Waals surface area contributed by atoms with E-state index >= 15 is 0 Å². The van der Waals surface area contributed by atoms with E-state index < -0.39 is 5.97 Å². The van der Waals surface area contributed by atoms with Crippen molar-refractivity contribution in [1.29, 1.82) is 0 Å². The minimum Gasteiger partial charge on any atom is -0.481 e. The maximum absolute atomic E-state index is 10.5. The van der Waals surface area contributed by atoms with Crippen LogP contribution in [-0.4, -0.2) is 35.2 Å². The Kier molecular flexibility index (Phi) is 16.3.